The molecule has 4 aliphatic heterocycles. The Morgan fingerprint density at radius 2 is 1.83 bits per heavy atom. The van der Waals surface area contributed by atoms with E-state index in [2.05, 4.69) is 46.5 Å². The number of aliphatic hydroxyl groups excluding tert-OH is 2. The van der Waals surface area contributed by atoms with Gasteiger partial charge in [-0.1, -0.05) is 26.0 Å². The average Bonchev–Trinajstić information content (AvgIpc) is 1.44. The predicted molar refractivity (Wildman–Crippen MR) is 324 cm³/mol. The minimum absolute atomic E-state index is 0.0166. The molecule has 1 aliphatic carbocycles. The Balaban J connectivity index is 0.761. The maximum atomic E-state index is 16.3. The number of hydrogen-bond acceptors (Lipinski definition) is 15. The molecule has 24 heteroatoms. The van der Waals surface area contributed by atoms with Gasteiger partial charge in [0, 0.05) is 113 Å². The van der Waals surface area contributed by atoms with Crippen LogP contribution >= 0.6 is 0 Å². The summed E-state index contributed by atoms with van der Waals surface area (Å²) in [6.45, 7) is 10.2. The van der Waals surface area contributed by atoms with Gasteiger partial charge < -0.3 is 49.3 Å². The zero-order valence-electron chi connectivity index (χ0n) is 49.2. The van der Waals surface area contributed by atoms with Crippen molar-refractivity contribution in [1.29, 1.82) is 0 Å². The molecule has 2 bridgehead atoms. The maximum Gasteiger partial charge on any atom is 0.434 e. The van der Waals surface area contributed by atoms with Crippen molar-refractivity contribution in [2.45, 2.75) is 122 Å². The van der Waals surface area contributed by atoms with E-state index in [1.165, 1.54) is 21.4 Å². The summed E-state index contributed by atoms with van der Waals surface area (Å²) >= 11 is 0. The van der Waals surface area contributed by atoms with Gasteiger partial charge >= 0.3 is 11.8 Å². The van der Waals surface area contributed by atoms with Gasteiger partial charge in [-0.05, 0) is 91.6 Å². The van der Waals surface area contributed by atoms with Gasteiger partial charge in [-0.2, -0.15) is 20.3 Å². The highest BCUT2D eigenvalue weighted by atomic mass is 19.1. The number of aromatic amines is 2. The number of fused-ring (bicyclic) bond motifs is 8. The second-order valence-corrected chi connectivity index (χ2v) is 24.4. The number of halogens is 1. The summed E-state index contributed by atoms with van der Waals surface area (Å²) in [5.41, 5.74) is 8.89. The lowest BCUT2D eigenvalue weighted by atomic mass is 9.88. The van der Waals surface area contributed by atoms with Crippen molar-refractivity contribution in [3.05, 3.63) is 118 Å². The molecule has 452 valence electrons. The van der Waals surface area contributed by atoms with E-state index in [-0.39, 0.29) is 60.9 Å². The lowest BCUT2D eigenvalue weighted by Gasteiger charge is -2.31. The van der Waals surface area contributed by atoms with E-state index in [0.29, 0.717) is 93.7 Å². The molecule has 3 saturated heterocycles. The van der Waals surface area contributed by atoms with Crippen LogP contribution in [0.25, 0.3) is 71.6 Å². The highest BCUT2D eigenvalue weighted by Gasteiger charge is 2.44. The number of nitrogens with one attached hydrogen (secondary N) is 4. The van der Waals surface area contributed by atoms with E-state index in [9.17, 15) is 24.6 Å². The Kier molecular flexibility index (Phi) is 13.9. The maximum absolute atomic E-state index is 16.3. The van der Waals surface area contributed by atoms with Gasteiger partial charge in [0.05, 0.1) is 73.1 Å². The van der Waals surface area contributed by atoms with Crippen molar-refractivity contribution in [1.82, 2.24) is 69.6 Å². The molecule has 23 nitrogen and oxygen atoms in total. The van der Waals surface area contributed by atoms with E-state index in [4.69, 9.17) is 29.3 Å². The van der Waals surface area contributed by atoms with E-state index >= 15 is 4.39 Å². The molecule has 2 amide bonds. The molecule has 3 aromatic carbocycles. The Morgan fingerprint density at radius 3 is 2.60 bits per heavy atom. The van der Waals surface area contributed by atoms with Crippen LogP contribution < -0.4 is 25.7 Å². The van der Waals surface area contributed by atoms with Crippen molar-refractivity contribution < 1.29 is 43.0 Å². The van der Waals surface area contributed by atoms with Crippen molar-refractivity contribution in [3.8, 4) is 34.1 Å². The van der Waals surface area contributed by atoms with E-state index in [1.54, 1.807) is 37.9 Å². The molecule has 6 N–H and O–H groups in total. The molecule has 4 fully saturated rings. The fraction of sp³-hybridized carbons (Fsp3) is 0.406. The van der Waals surface area contributed by atoms with Crippen LogP contribution in [-0.2, 0) is 27.5 Å². The average molecular weight is 1190 g/mol. The number of pyridine rings is 2. The minimum Gasteiger partial charge on any atom is -0.486 e. The van der Waals surface area contributed by atoms with Gasteiger partial charge in [0.25, 0.3) is 5.56 Å². The second kappa shape index (κ2) is 22.0. The highest BCUT2D eigenvalue weighted by molar-refractivity contribution is 6.06. The van der Waals surface area contributed by atoms with Crippen LogP contribution in [0.2, 0.25) is 0 Å². The van der Waals surface area contributed by atoms with Gasteiger partial charge in [-0.25, -0.2) is 13.9 Å². The number of imidazole rings is 1. The SMILES string of the molecule is CCn1nccc1-c1ccc([C@H](CO)NC(=O)[C@@H]2C[C@@H](O)CN2C(=O)[C@H](C(C)C)n2cc3c(n2)c(=O)[nH]c2cc(COc4c(-c5c(C)c(F)cc6[nH]ncc56)c(C5CC5)cc5c([N+]6=C7CN[C@@H](C7)C6)nc(OC6CCOCC6)nc45)ccc23)n2ccnc12. The fourth-order valence-electron chi connectivity index (χ4n) is 13.9. The Labute approximate surface area is 502 Å². The Hall–Kier alpha value is -8.97. The smallest absolute Gasteiger partial charge is 0.434 e. The monoisotopic (exact) mass is 1190 g/mol. The Morgan fingerprint density at radius 1 is 0.977 bits per heavy atom. The first-order chi connectivity index (χ1) is 42.8. The van der Waals surface area contributed by atoms with Crippen LogP contribution in [0.4, 0.5) is 10.2 Å². The van der Waals surface area contributed by atoms with Crippen LogP contribution in [0, 0.1) is 18.7 Å². The molecule has 15 rings (SSSR count). The summed E-state index contributed by atoms with van der Waals surface area (Å²) in [5, 5.41) is 47.7. The number of aryl methyl sites for hydroxylation is 1. The van der Waals surface area contributed by atoms with E-state index in [1.807, 2.05) is 66.3 Å². The number of aliphatic hydroxyl groups is 2. The number of ether oxygens (including phenoxy) is 3. The van der Waals surface area contributed by atoms with Crippen LogP contribution in [0.5, 0.6) is 11.8 Å². The number of benzene rings is 3. The standard InChI is InChI=1S/C64H66FN15O8/c1-5-79-50(12-15-69-79)41-10-11-51(76-17-16-66-59(41)76)49(30-81)71-61(83)52-22-38(82)28-78(52)63(85)57(32(2)3)80-29-45-40-9-6-34(20-47(40)70-62(84)56(45)75-80)31-87-58-54(53-33(4)46(65)24-48-44(53)26-68-74-48)42(35-7-8-35)23-43-55(58)72-64(88-39-13-18-86-19-14-39)73-60(43)77-27-36-21-37(77)25-67-36/h6,9-12,15-17,20,23-24,26,29,32,35-36,38-39,49,52,57,67,81-82H,5,7-8,13-14,18-19,21-22,25,27-28,30-31H2,1-4H3,(H2-,68,70,71,72,73,74,83,84)/p+1/t36-,38+,49-,52-,57-/m0/s1. The number of likely N-dealkylation sites (tertiary alicyclic amines) is 1. The lowest BCUT2D eigenvalue weighted by Crippen LogP contribution is -2.50. The van der Waals surface area contributed by atoms with Crippen molar-refractivity contribution in [2.75, 3.05) is 39.5 Å². The van der Waals surface area contributed by atoms with Crippen molar-refractivity contribution in [3.63, 3.8) is 0 Å². The quantitative estimate of drug-likeness (QED) is 0.0510. The van der Waals surface area contributed by atoms with E-state index in [0.717, 1.165) is 71.3 Å². The fourth-order valence-corrected chi connectivity index (χ4v) is 13.9. The molecule has 7 aromatic heterocycles. The third kappa shape index (κ3) is 9.54. The summed E-state index contributed by atoms with van der Waals surface area (Å²) in [6, 6.07) is 12.5. The highest BCUT2D eigenvalue weighted by Crippen LogP contribution is 2.53. The first-order valence-corrected chi connectivity index (χ1v) is 30.5. The summed E-state index contributed by atoms with van der Waals surface area (Å²) in [5.74, 6) is -0.415. The van der Waals surface area contributed by atoms with Crippen molar-refractivity contribution >= 4 is 72.6 Å². The third-order valence-corrected chi connectivity index (χ3v) is 18.4. The molecule has 0 radical (unpaired) electrons. The van der Waals surface area contributed by atoms with Crippen LogP contribution in [0.1, 0.15) is 99.7 Å². The molecule has 0 unspecified atom stereocenters. The largest absolute Gasteiger partial charge is 0.486 e. The number of rotatable bonds is 17. The number of carbonyl (C=O) groups is 2. The zero-order chi connectivity index (χ0) is 60.2. The first-order valence-electron chi connectivity index (χ1n) is 30.5. The van der Waals surface area contributed by atoms with Gasteiger partial charge in [-0.3, -0.25) is 28.8 Å². The second-order valence-electron chi connectivity index (χ2n) is 24.4. The molecule has 11 heterocycles. The van der Waals surface area contributed by atoms with Gasteiger partial charge in [-0.15, -0.1) is 0 Å². The van der Waals surface area contributed by atoms with Gasteiger partial charge in [0.1, 0.15) is 48.3 Å². The number of nitrogens with zero attached hydrogens (tertiary/aromatic N) is 11. The first kappa shape index (κ1) is 55.6. The molecule has 5 atom stereocenters. The van der Waals surface area contributed by atoms with E-state index < -0.39 is 48.2 Å². The zero-order valence-corrected chi connectivity index (χ0v) is 49.2. The van der Waals surface area contributed by atoms with Gasteiger partial charge in [0.15, 0.2) is 11.3 Å². The molecule has 0 spiro atoms. The summed E-state index contributed by atoms with van der Waals surface area (Å²) in [4.78, 5) is 63.1. The molecular formula is C64H67FN15O8+. The van der Waals surface area contributed by atoms with Crippen molar-refractivity contribution in [2.24, 2.45) is 5.92 Å². The third-order valence-electron chi connectivity index (χ3n) is 18.4. The topological polar surface area (TPSA) is 273 Å². The summed E-state index contributed by atoms with van der Waals surface area (Å²) in [7, 11) is 0. The number of amides is 2. The molecular weight excluding hydrogens is 1130 g/mol. The molecule has 10 aromatic rings. The summed E-state index contributed by atoms with van der Waals surface area (Å²) < 4.78 is 43.3. The number of hydrogen-bond donors (Lipinski definition) is 6. The van der Waals surface area contributed by atoms with Crippen LogP contribution in [0.15, 0.2) is 84.3 Å². The summed E-state index contributed by atoms with van der Waals surface area (Å²) in [6.07, 6.45) is 11.5. The number of carbonyl (C=O) groups excluding carboxylic acids is 2. The Bertz CT molecular complexity index is 4550. The lowest BCUT2D eigenvalue weighted by molar-refractivity contribution is -0.441. The predicted octanol–water partition coefficient (Wildman–Crippen LogP) is 6.83. The number of aromatic nitrogens is 11. The molecule has 5 aliphatic rings. The molecule has 1 saturated carbocycles. The number of β-amino-alcohol motifs (C(OH)–C–C–N with tert-alkyl or cyclic N) is 1. The molecule has 88 heavy (non-hydrogen) atoms. The van der Waals surface area contributed by atoms with Gasteiger partial charge in [0.2, 0.25) is 11.8 Å². The van der Waals surface area contributed by atoms with Crippen LogP contribution in [0.3, 0.4) is 0 Å². The number of H-pyrrole nitrogens is 2. The normalized spacial score (nSPS) is 19.6. The minimum atomic E-state index is -1.09. The van der Waals surface area contributed by atoms with Crippen LogP contribution in [-0.4, -0.2) is 155 Å².